The minimum absolute atomic E-state index is 0.0749. The molecular weight excluding hydrogens is 170 g/mol. The number of aliphatic hydroxyl groups is 1. The van der Waals surface area contributed by atoms with Crippen LogP contribution >= 0.6 is 0 Å². The van der Waals surface area contributed by atoms with Crippen LogP contribution in [0.3, 0.4) is 0 Å². The third kappa shape index (κ3) is 1.89. The van der Waals surface area contributed by atoms with Crippen LogP contribution in [-0.2, 0) is 11.2 Å². The Balaban J connectivity index is 2.03. The second-order valence-corrected chi connectivity index (χ2v) is 3.14. The van der Waals surface area contributed by atoms with Crippen molar-refractivity contribution in [3.05, 3.63) is 17.8 Å². The monoisotopic (exact) mass is 183 g/mol. The summed E-state index contributed by atoms with van der Waals surface area (Å²) in [5.74, 6) is 0.591. The fourth-order valence-electron chi connectivity index (χ4n) is 1.49. The van der Waals surface area contributed by atoms with E-state index in [9.17, 15) is 0 Å². The lowest BCUT2D eigenvalue weighted by Crippen LogP contribution is -1.97. The molecule has 2 heterocycles. The average Bonchev–Trinajstić information content (AvgIpc) is 2.70. The molecule has 1 aliphatic rings. The summed E-state index contributed by atoms with van der Waals surface area (Å²) in [7, 11) is 0. The number of aliphatic hydroxyl groups excluding tert-OH is 1. The first-order valence-electron chi connectivity index (χ1n) is 4.57. The van der Waals surface area contributed by atoms with Crippen LogP contribution < -0.4 is 0 Å². The van der Waals surface area contributed by atoms with Gasteiger partial charge in [0.2, 0.25) is 0 Å². The Bertz CT molecular complexity index is 266. The summed E-state index contributed by atoms with van der Waals surface area (Å²) >= 11 is 0. The Labute approximate surface area is 76.5 Å². The fraction of sp³-hybridized carbons (Fsp3) is 0.667. The summed E-state index contributed by atoms with van der Waals surface area (Å²) in [6, 6.07) is 0. The lowest BCUT2D eigenvalue weighted by molar-refractivity contribution is 0.108. The molecule has 1 aliphatic heterocycles. The smallest absolute Gasteiger partial charge is 0.196 e. The molecule has 1 aromatic rings. The van der Waals surface area contributed by atoms with E-state index < -0.39 is 0 Å². The molecule has 1 unspecified atom stereocenters. The van der Waals surface area contributed by atoms with E-state index in [1.54, 1.807) is 6.26 Å². The van der Waals surface area contributed by atoms with E-state index in [0.29, 0.717) is 12.3 Å². The first-order valence-corrected chi connectivity index (χ1v) is 4.57. The summed E-state index contributed by atoms with van der Waals surface area (Å²) < 4.78 is 10.6. The minimum atomic E-state index is 0.0749. The van der Waals surface area contributed by atoms with Gasteiger partial charge in [-0.15, -0.1) is 0 Å². The van der Waals surface area contributed by atoms with Crippen LogP contribution in [0.15, 0.2) is 10.7 Å². The van der Waals surface area contributed by atoms with Crippen LogP contribution in [0.5, 0.6) is 0 Å². The summed E-state index contributed by atoms with van der Waals surface area (Å²) in [5.41, 5.74) is 0.862. The number of hydrogen-bond donors (Lipinski definition) is 1. The van der Waals surface area contributed by atoms with Gasteiger partial charge >= 0.3 is 0 Å². The second-order valence-electron chi connectivity index (χ2n) is 3.14. The van der Waals surface area contributed by atoms with E-state index in [2.05, 4.69) is 4.98 Å². The molecular formula is C9H13NO3. The quantitative estimate of drug-likeness (QED) is 0.761. The van der Waals surface area contributed by atoms with Crippen molar-refractivity contribution in [1.82, 2.24) is 4.98 Å². The molecule has 1 saturated heterocycles. The van der Waals surface area contributed by atoms with Crippen molar-refractivity contribution < 1.29 is 14.3 Å². The highest BCUT2D eigenvalue weighted by molar-refractivity contribution is 5.02. The number of ether oxygens (including phenoxy) is 1. The van der Waals surface area contributed by atoms with E-state index in [0.717, 1.165) is 25.1 Å². The van der Waals surface area contributed by atoms with Gasteiger partial charge in [-0.05, 0) is 12.8 Å². The minimum Gasteiger partial charge on any atom is -0.449 e. The van der Waals surface area contributed by atoms with E-state index in [-0.39, 0.29) is 12.7 Å². The molecule has 1 fully saturated rings. The van der Waals surface area contributed by atoms with Gasteiger partial charge in [-0.1, -0.05) is 0 Å². The number of aromatic nitrogens is 1. The molecule has 2 rings (SSSR count). The molecule has 1 aromatic heterocycles. The van der Waals surface area contributed by atoms with Crippen molar-refractivity contribution in [2.75, 3.05) is 13.2 Å². The number of rotatable bonds is 3. The molecule has 72 valence electrons. The van der Waals surface area contributed by atoms with Gasteiger partial charge in [-0.2, -0.15) is 0 Å². The Morgan fingerprint density at radius 1 is 1.62 bits per heavy atom. The number of hydrogen-bond acceptors (Lipinski definition) is 4. The highest BCUT2D eigenvalue weighted by atomic mass is 16.5. The Hall–Kier alpha value is -0.870. The van der Waals surface area contributed by atoms with Crippen LogP contribution in [-0.4, -0.2) is 23.3 Å². The lowest BCUT2D eigenvalue weighted by Gasteiger charge is -2.02. The first kappa shape index (κ1) is 8.72. The molecule has 0 aliphatic carbocycles. The summed E-state index contributed by atoms with van der Waals surface area (Å²) in [6.45, 7) is 0.887. The van der Waals surface area contributed by atoms with Crippen molar-refractivity contribution in [3.8, 4) is 0 Å². The van der Waals surface area contributed by atoms with Gasteiger partial charge in [0.1, 0.15) is 18.1 Å². The summed E-state index contributed by atoms with van der Waals surface area (Å²) in [5, 5.41) is 8.66. The maximum Gasteiger partial charge on any atom is 0.196 e. The molecule has 0 amide bonds. The van der Waals surface area contributed by atoms with Crippen LogP contribution in [0.4, 0.5) is 0 Å². The zero-order valence-electron chi connectivity index (χ0n) is 7.40. The highest BCUT2D eigenvalue weighted by Gasteiger charge is 2.20. The van der Waals surface area contributed by atoms with E-state index in [1.165, 1.54) is 0 Å². The normalized spacial score (nSPS) is 22.4. The molecule has 0 aromatic carbocycles. The van der Waals surface area contributed by atoms with E-state index >= 15 is 0 Å². The molecule has 1 N–H and O–H groups in total. The molecule has 0 spiro atoms. The van der Waals surface area contributed by atoms with Crippen molar-refractivity contribution >= 4 is 0 Å². The Kier molecular flexibility index (Phi) is 2.61. The predicted octanol–water partition coefficient (Wildman–Crippen LogP) is 1.06. The molecule has 0 bridgehead atoms. The van der Waals surface area contributed by atoms with Crippen molar-refractivity contribution in [3.63, 3.8) is 0 Å². The molecule has 4 heteroatoms. The van der Waals surface area contributed by atoms with Gasteiger partial charge < -0.3 is 14.3 Å². The SMILES string of the molecule is OCCc1nc(C2CCCO2)co1. The van der Waals surface area contributed by atoms with E-state index in [1.807, 2.05) is 0 Å². The van der Waals surface area contributed by atoms with Gasteiger partial charge in [-0.25, -0.2) is 4.98 Å². The largest absolute Gasteiger partial charge is 0.449 e. The Morgan fingerprint density at radius 2 is 2.54 bits per heavy atom. The standard InChI is InChI=1S/C9H13NO3/c11-4-3-9-10-7(6-13-9)8-2-1-5-12-8/h6,8,11H,1-5H2. The van der Waals surface area contributed by atoms with Crippen LogP contribution in [0.1, 0.15) is 30.5 Å². The zero-order valence-corrected chi connectivity index (χ0v) is 7.40. The summed E-state index contributed by atoms with van der Waals surface area (Å²) in [4.78, 5) is 4.23. The van der Waals surface area contributed by atoms with Crippen LogP contribution in [0.2, 0.25) is 0 Å². The molecule has 0 radical (unpaired) electrons. The van der Waals surface area contributed by atoms with Crippen LogP contribution in [0.25, 0.3) is 0 Å². The van der Waals surface area contributed by atoms with Gasteiger partial charge in [-0.3, -0.25) is 0 Å². The topological polar surface area (TPSA) is 55.5 Å². The van der Waals surface area contributed by atoms with Crippen molar-refractivity contribution in [2.45, 2.75) is 25.4 Å². The van der Waals surface area contributed by atoms with Gasteiger partial charge in [0.25, 0.3) is 0 Å². The van der Waals surface area contributed by atoms with Crippen LogP contribution in [0, 0.1) is 0 Å². The van der Waals surface area contributed by atoms with Gasteiger partial charge in [0.05, 0.1) is 6.61 Å². The maximum atomic E-state index is 8.66. The highest BCUT2D eigenvalue weighted by Crippen LogP contribution is 2.27. The number of oxazole rings is 1. The lowest BCUT2D eigenvalue weighted by atomic mass is 10.2. The third-order valence-electron chi connectivity index (χ3n) is 2.15. The molecule has 13 heavy (non-hydrogen) atoms. The van der Waals surface area contributed by atoms with Gasteiger partial charge in [0.15, 0.2) is 5.89 Å². The molecule has 4 nitrogen and oxygen atoms in total. The van der Waals surface area contributed by atoms with Crippen molar-refractivity contribution in [1.29, 1.82) is 0 Å². The molecule has 1 atom stereocenters. The average molecular weight is 183 g/mol. The third-order valence-corrected chi connectivity index (χ3v) is 2.15. The summed E-state index contributed by atoms with van der Waals surface area (Å²) in [6.07, 6.45) is 4.32. The first-order chi connectivity index (χ1) is 6.40. The second kappa shape index (κ2) is 3.89. The fourth-order valence-corrected chi connectivity index (χ4v) is 1.49. The maximum absolute atomic E-state index is 8.66. The predicted molar refractivity (Wildman–Crippen MR) is 45.2 cm³/mol. The zero-order chi connectivity index (χ0) is 9.10. The van der Waals surface area contributed by atoms with Gasteiger partial charge in [0, 0.05) is 13.0 Å². The van der Waals surface area contributed by atoms with E-state index in [4.69, 9.17) is 14.3 Å². The number of nitrogens with zero attached hydrogens (tertiary/aromatic N) is 1. The van der Waals surface area contributed by atoms with Crippen molar-refractivity contribution in [2.24, 2.45) is 0 Å². The Morgan fingerprint density at radius 3 is 3.23 bits per heavy atom. The molecule has 0 saturated carbocycles.